The van der Waals surface area contributed by atoms with Gasteiger partial charge in [-0.05, 0) is 0 Å². The predicted octanol–water partition coefficient (Wildman–Crippen LogP) is 13.6. The van der Waals surface area contributed by atoms with Crippen molar-refractivity contribution in [1.82, 2.24) is 0 Å². The second-order valence-corrected chi connectivity index (χ2v) is 73.9. The van der Waals surface area contributed by atoms with E-state index in [2.05, 4.69) is 172 Å². The molecule has 0 spiro atoms. The first kappa shape index (κ1) is 33.0. The van der Waals surface area contributed by atoms with Gasteiger partial charge in [0.2, 0.25) is 0 Å². The van der Waals surface area contributed by atoms with Gasteiger partial charge < -0.3 is 0 Å². The van der Waals surface area contributed by atoms with Crippen LogP contribution in [0.15, 0.2) is 97.1 Å². The van der Waals surface area contributed by atoms with Crippen LogP contribution in [-0.2, 0) is 25.9 Å². The van der Waals surface area contributed by atoms with E-state index in [-0.39, 0.29) is 10.8 Å². The Hall–Kier alpha value is -2.90. The number of fused-ring (bicyclic) bond motifs is 2. The topological polar surface area (TPSA) is 0 Å². The number of hydrogen-bond donors (Lipinski definition) is 0. The van der Waals surface area contributed by atoms with Gasteiger partial charge in [-0.3, -0.25) is 0 Å². The molecule has 0 heterocycles. The molecule has 0 saturated carbocycles. The zero-order valence-electron chi connectivity index (χ0n) is 30.2. The van der Waals surface area contributed by atoms with Gasteiger partial charge in [-0.1, -0.05) is 0 Å². The fourth-order valence-electron chi connectivity index (χ4n) is 9.72. The van der Waals surface area contributed by atoms with E-state index >= 15 is 0 Å². The van der Waals surface area contributed by atoms with E-state index in [0.29, 0.717) is 7.35 Å². The monoisotopic (exact) mass is 776 g/mol. The van der Waals surface area contributed by atoms with Crippen LogP contribution in [0, 0.1) is 0 Å². The molecule has 6 rings (SSSR count). The summed E-state index contributed by atoms with van der Waals surface area (Å²) in [5, 5.41) is 0. The molecule has 2 aliphatic carbocycles. The summed E-state index contributed by atoms with van der Waals surface area (Å²) in [5.41, 5.74) is 14.0. The molecule has 2 atom stereocenters. The zero-order chi connectivity index (χ0) is 33.4. The Bertz CT molecular complexity index is 1920. The fourth-order valence-corrected chi connectivity index (χ4v) is 42.6. The van der Waals surface area contributed by atoms with Gasteiger partial charge in [0.05, 0.1) is 0 Å². The Morgan fingerprint density at radius 2 is 0.978 bits per heavy atom. The van der Waals surface area contributed by atoms with E-state index in [1.165, 1.54) is 55.6 Å². The molecule has 0 bridgehead atoms. The zero-order valence-corrected chi connectivity index (χ0v) is 33.8. The molecule has 0 aromatic heterocycles. The number of rotatable bonds is 6. The van der Waals surface area contributed by atoms with E-state index in [0.717, 1.165) is 10.6 Å². The first-order chi connectivity index (χ1) is 21.2. The van der Waals surface area contributed by atoms with Crippen LogP contribution in [0.2, 0.25) is 18.2 Å². The van der Waals surface area contributed by atoms with Gasteiger partial charge in [0.1, 0.15) is 0 Å². The number of hydrogen-bond acceptors (Lipinski definition) is 0. The quantitative estimate of drug-likeness (QED) is 0.171. The molecule has 1 heteroatoms. The molecule has 4 aromatic carbocycles. The van der Waals surface area contributed by atoms with Crippen LogP contribution in [0.1, 0.15) is 95.6 Å². The van der Waals surface area contributed by atoms with Crippen molar-refractivity contribution in [2.45, 2.75) is 91.3 Å². The van der Waals surface area contributed by atoms with Crippen LogP contribution in [0.25, 0.3) is 34.4 Å². The molecule has 0 saturated heterocycles. The average Bonchev–Trinajstić information content (AvgIpc) is 3.63. The molecule has 2 unspecified atom stereocenters. The molecule has 0 aliphatic heterocycles. The SMILES string of the molecule is [CH2]=[Hf]([CH3])([CH3])([CH3])([CH2]CC)([CH]1C=Cc2c(-c3cccc(C(C)(C)C)c3)cccc21)[CH]1C=Cc2c(-c3cccc(C(C)(C)C)c3)cccc21. The maximum atomic E-state index is 5.71. The van der Waals surface area contributed by atoms with Crippen LogP contribution in [0.4, 0.5) is 0 Å². The Kier molecular flexibility index (Phi) is 6.89. The van der Waals surface area contributed by atoms with Crippen molar-refractivity contribution in [2.24, 2.45) is 0 Å². The minimum absolute atomic E-state index is 0.107. The van der Waals surface area contributed by atoms with E-state index in [9.17, 15) is 0 Å². The van der Waals surface area contributed by atoms with Gasteiger partial charge in [0.25, 0.3) is 0 Å². The van der Waals surface area contributed by atoms with Crippen molar-refractivity contribution in [1.29, 1.82) is 0 Å². The number of benzene rings is 4. The van der Waals surface area contributed by atoms with Crippen molar-refractivity contribution < 1.29 is 15.1 Å². The van der Waals surface area contributed by atoms with Crippen molar-refractivity contribution >= 4 is 16.4 Å². The molecule has 4 aromatic rings. The molecule has 0 N–H and O–H groups in total. The van der Waals surface area contributed by atoms with E-state index in [4.69, 9.17) is 4.26 Å². The van der Waals surface area contributed by atoms with Crippen LogP contribution in [-0.4, -0.2) is 4.26 Å². The Morgan fingerprint density at radius 3 is 1.35 bits per heavy atom. The van der Waals surface area contributed by atoms with Gasteiger partial charge in [0, 0.05) is 0 Å². The molecule has 0 amide bonds. The number of allylic oxidation sites excluding steroid dienone is 2. The van der Waals surface area contributed by atoms with E-state index in [1.54, 1.807) is 0 Å². The van der Waals surface area contributed by atoms with Gasteiger partial charge in [-0.2, -0.15) is 0 Å². The van der Waals surface area contributed by atoms with Crippen molar-refractivity contribution in [3.05, 3.63) is 130 Å². The second kappa shape index (κ2) is 9.59. The fraction of sp³-hybridized carbons (Fsp3) is 0.356. The normalized spacial score (nSPS) is 20.0. The van der Waals surface area contributed by atoms with Gasteiger partial charge in [-0.15, -0.1) is 0 Å². The Morgan fingerprint density at radius 1 is 0.587 bits per heavy atom. The van der Waals surface area contributed by atoms with Crippen molar-refractivity contribution in [2.75, 3.05) is 0 Å². The molecular weight excluding hydrogens is 719 g/mol. The Balaban J connectivity index is 1.53. The van der Waals surface area contributed by atoms with E-state index in [1.807, 2.05) is 0 Å². The third kappa shape index (κ3) is 5.08. The summed E-state index contributed by atoms with van der Waals surface area (Å²) in [7, 11) is 0. The first-order valence-electron chi connectivity index (χ1n) is 17.6. The van der Waals surface area contributed by atoms with Crippen LogP contribution < -0.4 is 0 Å². The average molecular weight is 775 g/mol. The summed E-state index contributed by atoms with van der Waals surface area (Å²) in [6, 6.07) is 32.4. The third-order valence-electron chi connectivity index (χ3n) is 12.5. The van der Waals surface area contributed by atoms with E-state index < -0.39 is 15.1 Å². The Labute approximate surface area is 273 Å². The summed E-state index contributed by atoms with van der Waals surface area (Å²) >= 11 is -5.20. The van der Waals surface area contributed by atoms with Crippen LogP contribution >= 0.6 is 0 Å². The summed E-state index contributed by atoms with van der Waals surface area (Å²) < 4.78 is 15.5. The molecule has 240 valence electrons. The molecule has 2 aliphatic rings. The van der Waals surface area contributed by atoms with Gasteiger partial charge in [-0.25, -0.2) is 0 Å². The first-order valence-corrected chi connectivity index (χ1v) is 37.6. The molecule has 0 fully saturated rings. The molecule has 0 radical (unpaired) electrons. The van der Waals surface area contributed by atoms with Gasteiger partial charge >= 0.3 is 275 Å². The molecular formula is C45H56Hf. The van der Waals surface area contributed by atoms with Crippen molar-refractivity contribution in [3.63, 3.8) is 0 Å². The minimum atomic E-state index is -5.20. The third-order valence-corrected chi connectivity index (χ3v) is 49.0. The standard InChI is InChI=1S/2C19H19.C3H7.3CH3.CH2.Hf/c2*1-19(2,3)16-10-4-9-15(13-16)18-12-6-8-14-7-5-11-17(14)18;1-3-2;;;;;/h2*4-13H,1-3H3;1,3H2,2H3;3*1H3;1H2;. The summed E-state index contributed by atoms with van der Waals surface area (Å²) in [4.78, 5) is 0. The molecule has 0 nitrogen and oxygen atoms in total. The van der Waals surface area contributed by atoms with Crippen LogP contribution in [0.3, 0.4) is 0 Å². The summed E-state index contributed by atoms with van der Waals surface area (Å²) in [6.07, 6.45) is 11.1. The summed E-state index contributed by atoms with van der Waals surface area (Å²) in [5.74, 6) is 0. The maximum absolute atomic E-state index is 5.71. The van der Waals surface area contributed by atoms with Crippen molar-refractivity contribution in [3.8, 4) is 22.3 Å². The predicted molar refractivity (Wildman–Crippen MR) is 205 cm³/mol. The molecule has 46 heavy (non-hydrogen) atoms. The second-order valence-electron chi connectivity index (χ2n) is 20.3. The van der Waals surface area contributed by atoms with Crippen LogP contribution in [0.5, 0.6) is 0 Å². The summed E-state index contributed by atoms with van der Waals surface area (Å²) in [6.45, 7) is 16.2. The van der Waals surface area contributed by atoms with Gasteiger partial charge in [0.15, 0.2) is 0 Å².